The van der Waals surface area contributed by atoms with Gasteiger partial charge in [0, 0.05) is 13.2 Å². The third-order valence-electron chi connectivity index (χ3n) is 2.75. The Labute approximate surface area is 114 Å². The van der Waals surface area contributed by atoms with Gasteiger partial charge in [-0.1, -0.05) is 6.07 Å². The molecule has 0 fully saturated rings. The average Bonchev–Trinajstić information content (AvgIpc) is 2.45. The molecule has 0 bridgehead atoms. The van der Waals surface area contributed by atoms with Crippen LogP contribution in [0.1, 0.15) is 25.5 Å². The molecule has 1 rings (SSSR count). The normalized spacial score (nSPS) is 12.5. The summed E-state index contributed by atoms with van der Waals surface area (Å²) < 4.78 is 21.8. The van der Waals surface area contributed by atoms with E-state index < -0.39 is 12.3 Å². The van der Waals surface area contributed by atoms with E-state index in [0.29, 0.717) is 24.7 Å². The van der Waals surface area contributed by atoms with E-state index in [-0.39, 0.29) is 0 Å². The van der Waals surface area contributed by atoms with Crippen LogP contribution in [-0.4, -0.2) is 33.7 Å². The molecule has 108 valence electrons. The number of hydrogen-bond donors (Lipinski definition) is 1. The molecule has 5 heteroatoms. The molecular formula is C14H23NO4. The Morgan fingerprint density at radius 3 is 1.84 bits per heavy atom. The number of hydrogen-bond acceptors (Lipinski definition) is 5. The van der Waals surface area contributed by atoms with Crippen molar-refractivity contribution in [2.45, 2.75) is 26.2 Å². The van der Waals surface area contributed by atoms with Gasteiger partial charge in [-0.2, -0.15) is 0 Å². The van der Waals surface area contributed by atoms with Crippen LogP contribution < -0.4 is 15.2 Å². The Morgan fingerprint density at radius 2 is 1.47 bits per heavy atom. The lowest BCUT2D eigenvalue weighted by Crippen LogP contribution is -2.32. The van der Waals surface area contributed by atoms with Crippen LogP contribution in [0, 0.1) is 0 Å². The molecule has 19 heavy (non-hydrogen) atoms. The second-order valence-corrected chi connectivity index (χ2v) is 3.88. The van der Waals surface area contributed by atoms with Crippen molar-refractivity contribution in [3.05, 3.63) is 23.8 Å². The molecule has 0 amide bonds. The predicted octanol–water partition coefficient (Wildman–Crippen LogP) is 2.10. The van der Waals surface area contributed by atoms with Gasteiger partial charge in [0.05, 0.1) is 25.8 Å². The van der Waals surface area contributed by atoms with Crippen molar-refractivity contribution < 1.29 is 18.9 Å². The molecule has 0 aromatic heterocycles. The quantitative estimate of drug-likeness (QED) is 0.732. The first-order valence-corrected chi connectivity index (χ1v) is 6.39. The molecule has 2 N–H and O–H groups in total. The third-order valence-corrected chi connectivity index (χ3v) is 2.75. The maximum absolute atomic E-state index is 6.25. The average molecular weight is 269 g/mol. The first kappa shape index (κ1) is 15.8. The molecule has 0 saturated heterocycles. The Balaban J connectivity index is 3.10. The molecule has 0 radical (unpaired) electrons. The van der Waals surface area contributed by atoms with Gasteiger partial charge in [-0.05, 0) is 26.0 Å². The van der Waals surface area contributed by atoms with Crippen LogP contribution in [0.5, 0.6) is 11.5 Å². The zero-order chi connectivity index (χ0) is 14.3. The molecule has 1 atom stereocenters. The molecule has 1 aromatic carbocycles. The zero-order valence-electron chi connectivity index (χ0n) is 12.0. The molecule has 0 aliphatic rings. The van der Waals surface area contributed by atoms with Crippen LogP contribution in [-0.2, 0) is 9.47 Å². The van der Waals surface area contributed by atoms with E-state index >= 15 is 0 Å². The number of benzene rings is 1. The molecule has 0 aliphatic heterocycles. The third kappa shape index (κ3) is 3.83. The monoisotopic (exact) mass is 269 g/mol. The van der Waals surface area contributed by atoms with Gasteiger partial charge in [0.15, 0.2) is 6.29 Å². The molecule has 1 unspecified atom stereocenters. The van der Waals surface area contributed by atoms with Gasteiger partial charge in [0.25, 0.3) is 0 Å². The first-order chi connectivity index (χ1) is 9.19. The van der Waals surface area contributed by atoms with Gasteiger partial charge in [-0.25, -0.2) is 0 Å². The van der Waals surface area contributed by atoms with E-state index in [1.165, 1.54) is 0 Å². The van der Waals surface area contributed by atoms with Gasteiger partial charge < -0.3 is 24.7 Å². The van der Waals surface area contributed by atoms with Crippen molar-refractivity contribution in [2.24, 2.45) is 5.73 Å². The van der Waals surface area contributed by atoms with E-state index in [9.17, 15) is 0 Å². The summed E-state index contributed by atoms with van der Waals surface area (Å²) in [6.07, 6.45) is -0.528. The molecule has 0 saturated carbocycles. The summed E-state index contributed by atoms with van der Waals surface area (Å²) >= 11 is 0. The van der Waals surface area contributed by atoms with E-state index in [1.807, 2.05) is 32.0 Å². The fourth-order valence-electron chi connectivity index (χ4n) is 1.93. The molecule has 0 spiro atoms. The maximum Gasteiger partial charge on any atom is 0.176 e. The lowest BCUT2D eigenvalue weighted by molar-refractivity contribution is -0.149. The van der Waals surface area contributed by atoms with Crippen molar-refractivity contribution >= 4 is 0 Å². The Bertz CT molecular complexity index is 355. The highest BCUT2D eigenvalue weighted by Crippen LogP contribution is 2.35. The molecule has 5 nitrogen and oxygen atoms in total. The second kappa shape index (κ2) is 7.99. The largest absolute Gasteiger partial charge is 0.496 e. The number of rotatable bonds is 8. The minimum Gasteiger partial charge on any atom is -0.496 e. The summed E-state index contributed by atoms with van der Waals surface area (Å²) in [5.41, 5.74) is 7.00. The highest BCUT2D eigenvalue weighted by Gasteiger charge is 2.26. The molecule has 1 aromatic rings. The first-order valence-electron chi connectivity index (χ1n) is 6.39. The SMILES string of the molecule is CCOC(OCC)C(N)c1c(OC)cccc1OC. The molecular weight excluding hydrogens is 246 g/mol. The van der Waals surface area contributed by atoms with E-state index in [2.05, 4.69) is 0 Å². The summed E-state index contributed by atoms with van der Waals surface area (Å²) in [5.74, 6) is 1.33. The fourth-order valence-corrected chi connectivity index (χ4v) is 1.93. The lowest BCUT2D eigenvalue weighted by Gasteiger charge is -2.26. The zero-order valence-corrected chi connectivity index (χ0v) is 12.0. The Morgan fingerprint density at radius 1 is 1.00 bits per heavy atom. The number of ether oxygens (including phenoxy) is 4. The van der Waals surface area contributed by atoms with Crippen LogP contribution in [0.4, 0.5) is 0 Å². The molecule has 0 heterocycles. The summed E-state index contributed by atoms with van der Waals surface area (Å²) in [6, 6.07) is 5.05. The van der Waals surface area contributed by atoms with E-state index in [0.717, 1.165) is 5.56 Å². The summed E-state index contributed by atoms with van der Waals surface area (Å²) in [5, 5.41) is 0. The van der Waals surface area contributed by atoms with Crippen molar-refractivity contribution in [1.29, 1.82) is 0 Å². The van der Waals surface area contributed by atoms with Gasteiger partial charge >= 0.3 is 0 Å². The second-order valence-electron chi connectivity index (χ2n) is 3.88. The van der Waals surface area contributed by atoms with Gasteiger partial charge in [-0.3, -0.25) is 0 Å². The maximum atomic E-state index is 6.25. The van der Waals surface area contributed by atoms with Gasteiger partial charge in [0.2, 0.25) is 0 Å². The predicted molar refractivity (Wildman–Crippen MR) is 73.5 cm³/mol. The van der Waals surface area contributed by atoms with E-state index in [1.54, 1.807) is 14.2 Å². The minimum atomic E-state index is -0.528. The Hall–Kier alpha value is -1.30. The van der Waals surface area contributed by atoms with Gasteiger partial charge in [0.1, 0.15) is 11.5 Å². The molecule has 0 aliphatic carbocycles. The van der Waals surface area contributed by atoms with Crippen molar-refractivity contribution in [3.8, 4) is 11.5 Å². The fraction of sp³-hybridized carbons (Fsp3) is 0.571. The van der Waals surface area contributed by atoms with Crippen LogP contribution in [0.3, 0.4) is 0 Å². The Kier molecular flexibility index (Phi) is 6.62. The minimum absolute atomic E-state index is 0.481. The van der Waals surface area contributed by atoms with Crippen LogP contribution in [0.25, 0.3) is 0 Å². The smallest absolute Gasteiger partial charge is 0.176 e. The number of methoxy groups -OCH3 is 2. The van der Waals surface area contributed by atoms with Crippen molar-refractivity contribution in [3.63, 3.8) is 0 Å². The highest BCUT2D eigenvalue weighted by molar-refractivity contribution is 5.47. The van der Waals surface area contributed by atoms with Crippen LogP contribution in [0.2, 0.25) is 0 Å². The topological polar surface area (TPSA) is 62.9 Å². The van der Waals surface area contributed by atoms with E-state index in [4.69, 9.17) is 24.7 Å². The summed E-state index contributed by atoms with van der Waals surface area (Å²) in [7, 11) is 3.20. The van der Waals surface area contributed by atoms with Crippen molar-refractivity contribution in [2.75, 3.05) is 27.4 Å². The van der Waals surface area contributed by atoms with Crippen LogP contribution in [0.15, 0.2) is 18.2 Å². The summed E-state index contributed by atoms with van der Waals surface area (Å²) in [6.45, 7) is 4.85. The summed E-state index contributed by atoms with van der Waals surface area (Å²) in [4.78, 5) is 0. The lowest BCUT2D eigenvalue weighted by atomic mass is 10.0. The standard InChI is InChI=1S/C14H23NO4/c1-5-18-14(19-6-2)13(15)12-10(16-3)8-7-9-11(12)17-4/h7-9,13-14H,5-6,15H2,1-4H3. The highest BCUT2D eigenvalue weighted by atomic mass is 16.7. The van der Waals surface area contributed by atoms with Crippen molar-refractivity contribution in [1.82, 2.24) is 0 Å². The number of nitrogens with two attached hydrogens (primary N) is 1. The van der Waals surface area contributed by atoms with Crippen LogP contribution >= 0.6 is 0 Å². The van der Waals surface area contributed by atoms with Gasteiger partial charge in [-0.15, -0.1) is 0 Å².